The van der Waals surface area contributed by atoms with E-state index in [-0.39, 0.29) is 19.1 Å². The smallest absolute Gasteiger partial charge is 0.387 e. The Labute approximate surface area is 385 Å². The standard InChI is InChI=1S/C53H103N2O6P/c1-6-8-10-12-14-16-18-20-21-22-23-24-25-26-27-28-29-30-31-32-33-34-35-37-39-41-43-45-47-53(57)54-51(50-61-62(58,59)60-49-48-55(3,4)5)52(56)46-44-42-40-38-36-19-17-15-13-11-9-7-2/h26-27,36,38,44,46,51-52,56H,6-25,28-35,37,39-43,45,47-50H2,1-5H3,(H-,54,57,58,59)/p+1/b27-26-,38-36+,46-44+. The maximum atomic E-state index is 12.9. The van der Waals surface area contributed by atoms with Gasteiger partial charge in [0.15, 0.2) is 0 Å². The molecule has 8 nitrogen and oxygen atoms in total. The molecule has 1 amide bonds. The first-order valence-electron chi connectivity index (χ1n) is 26.4. The van der Waals surface area contributed by atoms with Gasteiger partial charge >= 0.3 is 7.82 Å². The summed E-state index contributed by atoms with van der Waals surface area (Å²) in [5, 5.41) is 13.8. The second-order valence-electron chi connectivity index (χ2n) is 19.2. The molecule has 0 saturated heterocycles. The molecule has 0 aromatic carbocycles. The van der Waals surface area contributed by atoms with Crippen LogP contribution in [0.5, 0.6) is 0 Å². The van der Waals surface area contributed by atoms with Gasteiger partial charge in [-0.1, -0.05) is 217 Å². The summed E-state index contributed by atoms with van der Waals surface area (Å²) in [5.74, 6) is -0.187. The highest BCUT2D eigenvalue weighted by molar-refractivity contribution is 7.47. The number of phosphoric ester groups is 1. The van der Waals surface area contributed by atoms with E-state index in [0.717, 1.165) is 38.5 Å². The summed E-state index contributed by atoms with van der Waals surface area (Å²) >= 11 is 0. The number of carbonyl (C=O) groups excluding carboxylic acids is 1. The first kappa shape index (κ1) is 60.7. The summed E-state index contributed by atoms with van der Waals surface area (Å²) in [5.41, 5.74) is 0. The van der Waals surface area contributed by atoms with Gasteiger partial charge in [-0.2, -0.15) is 0 Å². The van der Waals surface area contributed by atoms with Crippen LogP contribution in [0.15, 0.2) is 36.5 Å². The van der Waals surface area contributed by atoms with Crippen molar-refractivity contribution in [3.8, 4) is 0 Å². The second-order valence-corrected chi connectivity index (χ2v) is 20.7. The highest BCUT2D eigenvalue weighted by Crippen LogP contribution is 2.43. The number of rotatable bonds is 48. The maximum absolute atomic E-state index is 12.9. The van der Waals surface area contributed by atoms with E-state index >= 15 is 0 Å². The Balaban J connectivity index is 4.12. The number of phosphoric acid groups is 1. The van der Waals surface area contributed by atoms with Gasteiger partial charge in [-0.15, -0.1) is 0 Å². The van der Waals surface area contributed by atoms with Crippen molar-refractivity contribution in [2.24, 2.45) is 0 Å². The Morgan fingerprint density at radius 2 is 0.887 bits per heavy atom. The molecule has 0 saturated carbocycles. The lowest BCUT2D eigenvalue weighted by Crippen LogP contribution is -2.45. The van der Waals surface area contributed by atoms with Gasteiger partial charge in [-0.25, -0.2) is 4.57 Å². The van der Waals surface area contributed by atoms with Crippen LogP contribution < -0.4 is 5.32 Å². The molecule has 3 atom stereocenters. The minimum Gasteiger partial charge on any atom is -0.387 e. The van der Waals surface area contributed by atoms with E-state index in [0.29, 0.717) is 17.4 Å². The summed E-state index contributed by atoms with van der Waals surface area (Å²) in [7, 11) is 1.56. The molecule has 3 N–H and O–H groups in total. The normalized spacial score (nSPS) is 14.4. The zero-order valence-corrected chi connectivity index (χ0v) is 42.5. The van der Waals surface area contributed by atoms with E-state index in [2.05, 4.69) is 43.5 Å². The van der Waals surface area contributed by atoms with Crippen LogP contribution >= 0.6 is 7.82 Å². The zero-order chi connectivity index (χ0) is 45.7. The molecule has 62 heavy (non-hydrogen) atoms. The molecule has 0 aromatic rings. The summed E-state index contributed by atoms with van der Waals surface area (Å²) in [6.45, 7) is 4.79. The molecule has 9 heteroatoms. The molecule has 0 aliphatic rings. The van der Waals surface area contributed by atoms with Crippen molar-refractivity contribution in [2.45, 2.75) is 257 Å². The number of hydrogen-bond acceptors (Lipinski definition) is 5. The molecule has 0 rings (SSSR count). The number of amides is 1. The molecule has 0 spiro atoms. The van der Waals surface area contributed by atoms with Gasteiger partial charge in [0, 0.05) is 6.42 Å². The van der Waals surface area contributed by atoms with Crippen LogP contribution in [0.3, 0.4) is 0 Å². The Hall–Kier alpha value is -1.28. The molecule has 0 fully saturated rings. The minimum atomic E-state index is -4.35. The second kappa shape index (κ2) is 44.9. The SMILES string of the molecule is CCCCCCCC/C=C/CC/C=C/C(O)C(COP(=O)(O)OCC[N+](C)(C)C)NC(=O)CCCCCCCCCCCCCC/C=C\CCCCCCCCCCCCCC. The number of aliphatic hydroxyl groups is 1. The summed E-state index contributed by atoms with van der Waals surface area (Å²) in [6, 6.07) is -0.861. The van der Waals surface area contributed by atoms with E-state index in [1.807, 2.05) is 27.2 Å². The van der Waals surface area contributed by atoms with Crippen LogP contribution in [0.4, 0.5) is 0 Å². The summed E-state index contributed by atoms with van der Waals surface area (Å²) < 4.78 is 23.6. The molecule has 0 aliphatic carbocycles. The lowest BCUT2D eigenvalue weighted by Gasteiger charge is -2.25. The van der Waals surface area contributed by atoms with Crippen molar-refractivity contribution in [1.82, 2.24) is 5.32 Å². The Kier molecular flexibility index (Phi) is 44.0. The van der Waals surface area contributed by atoms with Crippen molar-refractivity contribution >= 4 is 13.7 Å². The lowest BCUT2D eigenvalue weighted by molar-refractivity contribution is -0.870. The summed E-state index contributed by atoms with van der Waals surface area (Å²) in [6.07, 6.45) is 56.8. The number of carbonyl (C=O) groups is 1. The fourth-order valence-corrected chi connectivity index (χ4v) is 8.38. The minimum absolute atomic E-state index is 0.0565. The Morgan fingerprint density at radius 3 is 1.29 bits per heavy atom. The monoisotopic (exact) mass is 896 g/mol. The van der Waals surface area contributed by atoms with Crippen LogP contribution in [-0.2, 0) is 18.4 Å². The van der Waals surface area contributed by atoms with Gasteiger partial charge < -0.3 is 19.8 Å². The van der Waals surface area contributed by atoms with E-state index in [1.54, 1.807) is 6.08 Å². The van der Waals surface area contributed by atoms with Crippen molar-refractivity contribution < 1.29 is 32.9 Å². The topological polar surface area (TPSA) is 105 Å². The summed E-state index contributed by atoms with van der Waals surface area (Å²) in [4.78, 5) is 23.2. The molecule has 0 radical (unpaired) electrons. The van der Waals surface area contributed by atoms with Gasteiger partial charge in [0.2, 0.25) is 5.91 Å². The first-order valence-corrected chi connectivity index (χ1v) is 27.9. The van der Waals surface area contributed by atoms with Gasteiger partial charge in [-0.3, -0.25) is 13.8 Å². The maximum Gasteiger partial charge on any atom is 0.472 e. The lowest BCUT2D eigenvalue weighted by atomic mass is 10.0. The third-order valence-corrected chi connectivity index (χ3v) is 12.8. The fraction of sp³-hybridized carbons (Fsp3) is 0.868. The Bertz CT molecular complexity index is 1110. The molecule has 3 unspecified atom stereocenters. The largest absolute Gasteiger partial charge is 0.472 e. The third-order valence-electron chi connectivity index (χ3n) is 11.8. The van der Waals surface area contributed by atoms with Gasteiger partial charge in [-0.05, 0) is 57.8 Å². The van der Waals surface area contributed by atoms with Crippen LogP contribution in [0.1, 0.15) is 245 Å². The predicted octanol–water partition coefficient (Wildman–Crippen LogP) is 15.4. The number of allylic oxidation sites excluding steroid dienone is 5. The molecule has 0 heterocycles. The van der Waals surface area contributed by atoms with Crippen LogP contribution in [0, 0.1) is 0 Å². The molecule has 0 aliphatic heterocycles. The van der Waals surface area contributed by atoms with Gasteiger partial charge in [0.1, 0.15) is 13.2 Å². The quantitative estimate of drug-likeness (QED) is 0.0243. The van der Waals surface area contributed by atoms with Crippen molar-refractivity contribution in [2.75, 3.05) is 40.9 Å². The molecule has 0 aromatic heterocycles. The zero-order valence-electron chi connectivity index (χ0n) is 41.6. The number of hydrogen-bond donors (Lipinski definition) is 3. The van der Waals surface area contributed by atoms with Gasteiger partial charge in [0.05, 0.1) is 39.9 Å². The average molecular weight is 896 g/mol. The predicted molar refractivity (Wildman–Crippen MR) is 268 cm³/mol. The number of quaternary nitrogens is 1. The van der Waals surface area contributed by atoms with E-state index in [4.69, 9.17) is 9.05 Å². The van der Waals surface area contributed by atoms with Crippen LogP contribution in [0.2, 0.25) is 0 Å². The molecule has 0 bridgehead atoms. The van der Waals surface area contributed by atoms with E-state index < -0.39 is 20.0 Å². The number of likely N-dealkylation sites (N-methyl/N-ethyl adjacent to an activating group) is 1. The van der Waals surface area contributed by atoms with Gasteiger partial charge in [0.25, 0.3) is 0 Å². The Morgan fingerprint density at radius 1 is 0.532 bits per heavy atom. The highest BCUT2D eigenvalue weighted by Gasteiger charge is 2.27. The molecule has 366 valence electrons. The number of aliphatic hydroxyl groups excluding tert-OH is 1. The molecular weight excluding hydrogens is 792 g/mol. The third kappa shape index (κ3) is 46.7. The highest BCUT2D eigenvalue weighted by atomic mass is 31.2. The number of unbranched alkanes of at least 4 members (excludes halogenated alkanes) is 31. The van der Waals surface area contributed by atoms with E-state index in [9.17, 15) is 19.4 Å². The number of nitrogens with zero attached hydrogens (tertiary/aromatic N) is 1. The van der Waals surface area contributed by atoms with Crippen molar-refractivity contribution in [3.63, 3.8) is 0 Å². The van der Waals surface area contributed by atoms with Crippen molar-refractivity contribution in [1.29, 1.82) is 0 Å². The molecular formula is C53H104N2O6P+. The van der Waals surface area contributed by atoms with Crippen molar-refractivity contribution in [3.05, 3.63) is 36.5 Å². The first-order chi connectivity index (χ1) is 30.0. The van der Waals surface area contributed by atoms with E-state index in [1.165, 1.54) is 186 Å². The van der Waals surface area contributed by atoms with Crippen LogP contribution in [-0.4, -0.2) is 73.4 Å². The van der Waals surface area contributed by atoms with Crippen LogP contribution in [0.25, 0.3) is 0 Å². The fourth-order valence-electron chi connectivity index (χ4n) is 7.64. The number of nitrogens with one attached hydrogen (secondary N) is 1. The average Bonchev–Trinajstić information content (AvgIpc) is 3.23.